The molecule has 0 aliphatic heterocycles. The number of nitrogens with one attached hydrogen (secondary N) is 1. The van der Waals surface area contributed by atoms with Gasteiger partial charge in [0, 0.05) is 13.2 Å². The standard InChI is InChI=1S/C12H24NO2.K/c1-11(2,3)7-8-13-10(14)12(4,5)9-15-6;/h6-9H2,1-5H3,(H,13,14);/q-1;+1. The van der Waals surface area contributed by atoms with Crippen molar-refractivity contribution in [2.75, 3.05) is 13.2 Å². The van der Waals surface area contributed by atoms with Crippen molar-refractivity contribution in [1.82, 2.24) is 5.32 Å². The van der Waals surface area contributed by atoms with E-state index in [-0.39, 0.29) is 62.7 Å². The molecule has 0 saturated carbocycles. The molecule has 1 amide bonds. The van der Waals surface area contributed by atoms with E-state index in [1.54, 1.807) is 0 Å². The second kappa shape index (κ2) is 8.22. The Bertz CT molecular complexity index is 210. The van der Waals surface area contributed by atoms with Gasteiger partial charge in [0.05, 0.1) is 5.41 Å². The molecule has 0 heterocycles. The molecule has 1 N–H and O–H groups in total. The summed E-state index contributed by atoms with van der Waals surface area (Å²) in [4.78, 5) is 11.7. The van der Waals surface area contributed by atoms with Crippen LogP contribution in [0, 0.1) is 17.9 Å². The quantitative estimate of drug-likeness (QED) is 0.524. The van der Waals surface area contributed by atoms with E-state index in [9.17, 15) is 4.79 Å². The Morgan fingerprint density at radius 1 is 1.25 bits per heavy atom. The summed E-state index contributed by atoms with van der Waals surface area (Å²) in [6.45, 7) is 11.2. The van der Waals surface area contributed by atoms with Gasteiger partial charge in [-0.1, -0.05) is 20.8 Å². The SMILES string of the molecule is [CH2-]OCC(C)(C)C(=O)NCCC(C)(C)C.[K+]. The molecule has 0 bridgehead atoms. The zero-order chi connectivity index (χ0) is 12.1. The molecule has 3 nitrogen and oxygen atoms in total. The van der Waals surface area contributed by atoms with Crippen molar-refractivity contribution in [2.24, 2.45) is 10.8 Å². The fourth-order valence-corrected chi connectivity index (χ4v) is 1.11. The van der Waals surface area contributed by atoms with E-state index in [2.05, 4.69) is 33.2 Å². The normalized spacial score (nSPS) is 11.9. The Labute approximate surface area is 143 Å². The van der Waals surface area contributed by atoms with Crippen LogP contribution in [-0.4, -0.2) is 19.1 Å². The number of rotatable bonds is 5. The number of carbonyl (C=O) groups excluding carboxylic acids is 1. The Morgan fingerprint density at radius 2 is 1.75 bits per heavy atom. The largest absolute Gasteiger partial charge is 1.00 e. The van der Waals surface area contributed by atoms with Gasteiger partial charge in [-0.15, -0.1) is 0 Å². The first-order valence-electron chi connectivity index (χ1n) is 5.34. The van der Waals surface area contributed by atoms with Crippen molar-refractivity contribution in [3.8, 4) is 0 Å². The average Bonchev–Trinajstić information content (AvgIpc) is 2.01. The molecule has 0 saturated heterocycles. The summed E-state index contributed by atoms with van der Waals surface area (Å²) < 4.78 is 4.76. The van der Waals surface area contributed by atoms with Crippen LogP contribution in [-0.2, 0) is 9.53 Å². The summed E-state index contributed by atoms with van der Waals surface area (Å²) in [5.41, 5.74) is -0.250. The van der Waals surface area contributed by atoms with E-state index in [1.165, 1.54) is 0 Å². The minimum atomic E-state index is -0.500. The minimum absolute atomic E-state index is 0. The Hall–Kier alpha value is 1.07. The zero-order valence-corrected chi connectivity index (χ0v) is 14.8. The van der Waals surface area contributed by atoms with E-state index in [0.717, 1.165) is 6.42 Å². The molecule has 0 rings (SSSR count). The number of carbonyl (C=O) groups is 1. The van der Waals surface area contributed by atoms with Gasteiger partial charge >= 0.3 is 51.4 Å². The first kappa shape index (κ1) is 19.4. The fourth-order valence-electron chi connectivity index (χ4n) is 1.11. The van der Waals surface area contributed by atoms with Crippen LogP contribution in [0.4, 0.5) is 0 Å². The molecule has 0 fully saturated rings. The fraction of sp³-hybridized carbons (Fsp3) is 0.833. The molecule has 0 unspecified atom stereocenters. The monoisotopic (exact) mass is 253 g/mol. The van der Waals surface area contributed by atoms with Crippen LogP contribution in [0.3, 0.4) is 0 Å². The van der Waals surface area contributed by atoms with Gasteiger partial charge in [-0.05, 0) is 25.7 Å². The maximum absolute atomic E-state index is 11.7. The summed E-state index contributed by atoms with van der Waals surface area (Å²) >= 11 is 0. The smallest absolute Gasteiger partial charge is 0.554 e. The third-order valence-corrected chi connectivity index (χ3v) is 2.24. The van der Waals surface area contributed by atoms with Gasteiger partial charge in [0.1, 0.15) is 0 Å². The van der Waals surface area contributed by atoms with Crippen molar-refractivity contribution in [3.05, 3.63) is 7.11 Å². The number of amides is 1. The number of ether oxygens (including phenoxy) is 1. The van der Waals surface area contributed by atoms with Crippen LogP contribution in [0.15, 0.2) is 0 Å². The predicted molar refractivity (Wildman–Crippen MR) is 62.2 cm³/mol. The maximum Gasteiger partial charge on any atom is 1.00 e. The van der Waals surface area contributed by atoms with Gasteiger partial charge in [-0.25, -0.2) is 7.11 Å². The number of hydrogen-bond acceptors (Lipinski definition) is 2. The van der Waals surface area contributed by atoms with Gasteiger partial charge in [0.25, 0.3) is 0 Å². The third-order valence-electron chi connectivity index (χ3n) is 2.24. The Kier molecular flexibility index (Phi) is 9.97. The molecule has 16 heavy (non-hydrogen) atoms. The molecule has 0 aromatic carbocycles. The van der Waals surface area contributed by atoms with Gasteiger partial charge in [-0.3, -0.25) is 4.79 Å². The molecule has 0 aliphatic carbocycles. The molecule has 0 aromatic heterocycles. The van der Waals surface area contributed by atoms with Crippen molar-refractivity contribution in [2.45, 2.75) is 41.0 Å². The molecule has 90 valence electrons. The first-order valence-corrected chi connectivity index (χ1v) is 5.34. The molecule has 0 radical (unpaired) electrons. The van der Waals surface area contributed by atoms with Crippen LogP contribution in [0.1, 0.15) is 41.0 Å². The van der Waals surface area contributed by atoms with E-state index < -0.39 is 5.41 Å². The summed E-state index contributed by atoms with van der Waals surface area (Å²) in [5.74, 6) is 0.0235. The number of hydrogen-bond donors (Lipinski definition) is 1. The van der Waals surface area contributed by atoms with Crippen molar-refractivity contribution in [1.29, 1.82) is 0 Å². The first-order chi connectivity index (χ1) is 6.69. The minimum Gasteiger partial charge on any atom is -0.554 e. The van der Waals surface area contributed by atoms with Gasteiger partial charge in [0.2, 0.25) is 5.91 Å². The van der Waals surface area contributed by atoms with E-state index in [0.29, 0.717) is 13.2 Å². The van der Waals surface area contributed by atoms with Crippen molar-refractivity contribution in [3.63, 3.8) is 0 Å². The second-order valence-electron chi connectivity index (χ2n) is 5.80. The summed E-state index contributed by atoms with van der Waals surface area (Å²) in [5, 5.41) is 2.92. The molecule has 0 atom stereocenters. The van der Waals surface area contributed by atoms with E-state index >= 15 is 0 Å². The summed E-state index contributed by atoms with van der Waals surface area (Å²) in [7, 11) is 3.29. The van der Waals surface area contributed by atoms with Gasteiger partial charge in [-0.2, -0.15) is 0 Å². The van der Waals surface area contributed by atoms with Crippen molar-refractivity contribution >= 4 is 5.91 Å². The third kappa shape index (κ3) is 9.13. The van der Waals surface area contributed by atoms with Gasteiger partial charge < -0.3 is 10.1 Å². The summed E-state index contributed by atoms with van der Waals surface area (Å²) in [6.07, 6.45) is 0.972. The maximum atomic E-state index is 11.7. The van der Waals surface area contributed by atoms with E-state index in [1.807, 2.05) is 13.8 Å². The molecular formula is C12H24KNO2. The van der Waals surface area contributed by atoms with Crippen LogP contribution in [0.5, 0.6) is 0 Å². The van der Waals surface area contributed by atoms with Crippen molar-refractivity contribution < 1.29 is 60.9 Å². The van der Waals surface area contributed by atoms with Crippen LogP contribution >= 0.6 is 0 Å². The van der Waals surface area contributed by atoms with Gasteiger partial charge in [0.15, 0.2) is 0 Å². The Morgan fingerprint density at radius 3 is 2.12 bits per heavy atom. The molecule has 0 aliphatic rings. The Balaban J connectivity index is 0. The topological polar surface area (TPSA) is 38.3 Å². The second-order valence-corrected chi connectivity index (χ2v) is 5.80. The van der Waals surface area contributed by atoms with Crippen LogP contribution in [0.2, 0.25) is 0 Å². The molecule has 0 aromatic rings. The average molecular weight is 253 g/mol. The molecule has 4 heteroatoms. The zero-order valence-electron chi connectivity index (χ0n) is 11.6. The van der Waals surface area contributed by atoms with Crippen LogP contribution < -0.4 is 56.7 Å². The van der Waals surface area contributed by atoms with Crippen LogP contribution in [0.25, 0.3) is 0 Å². The molecule has 0 spiro atoms. The van der Waals surface area contributed by atoms with E-state index in [4.69, 9.17) is 4.74 Å². The molecular weight excluding hydrogens is 229 g/mol. The summed E-state index contributed by atoms with van der Waals surface area (Å²) in [6, 6.07) is 0. The predicted octanol–water partition coefficient (Wildman–Crippen LogP) is -0.623.